The van der Waals surface area contributed by atoms with Gasteiger partial charge in [-0.05, 0) is 24.1 Å². The fraction of sp³-hybridized carbons (Fsp3) is 0.316. The minimum absolute atomic E-state index is 0.00863. The molecule has 7 nitrogen and oxygen atoms in total. The van der Waals surface area contributed by atoms with Crippen LogP contribution >= 0.6 is 0 Å². The molecule has 2 amide bonds. The van der Waals surface area contributed by atoms with Gasteiger partial charge in [-0.1, -0.05) is 30.3 Å². The van der Waals surface area contributed by atoms with Gasteiger partial charge in [0.25, 0.3) is 5.69 Å². The lowest BCUT2D eigenvalue weighted by atomic mass is 10.2. The molecule has 0 aromatic heterocycles. The van der Waals surface area contributed by atoms with Crippen LogP contribution in [0.4, 0.5) is 16.2 Å². The summed E-state index contributed by atoms with van der Waals surface area (Å²) in [5.41, 5.74) is 1.84. The lowest BCUT2D eigenvalue weighted by Crippen LogP contribution is -2.38. The van der Waals surface area contributed by atoms with Crippen LogP contribution in [-0.4, -0.2) is 46.9 Å². The summed E-state index contributed by atoms with van der Waals surface area (Å²) in [5, 5.41) is 13.5. The molecule has 2 aromatic carbocycles. The number of non-ortho nitro benzene ring substituents is 1. The molecule has 1 aliphatic rings. The van der Waals surface area contributed by atoms with E-state index in [-0.39, 0.29) is 11.7 Å². The minimum Gasteiger partial charge on any atom is -0.323 e. The summed E-state index contributed by atoms with van der Waals surface area (Å²) in [7, 11) is 0. The first-order valence-electron chi connectivity index (χ1n) is 8.68. The van der Waals surface area contributed by atoms with Crippen molar-refractivity contribution in [3.8, 4) is 0 Å². The van der Waals surface area contributed by atoms with Crippen molar-refractivity contribution < 1.29 is 9.72 Å². The van der Waals surface area contributed by atoms with Crippen molar-refractivity contribution in [1.82, 2.24) is 9.80 Å². The number of hydrogen-bond donors (Lipinski definition) is 1. The molecule has 1 N–H and O–H groups in total. The molecule has 0 radical (unpaired) electrons. The number of nitrogens with one attached hydrogen (secondary N) is 1. The van der Waals surface area contributed by atoms with Crippen LogP contribution in [0.2, 0.25) is 0 Å². The maximum Gasteiger partial charge on any atom is 0.321 e. The lowest BCUT2D eigenvalue weighted by Gasteiger charge is -2.22. The summed E-state index contributed by atoms with van der Waals surface area (Å²) in [6.07, 6.45) is 0.917. The maximum atomic E-state index is 12.5. The monoisotopic (exact) mass is 354 g/mol. The number of amides is 2. The number of rotatable bonds is 4. The number of nitro groups is 1. The van der Waals surface area contributed by atoms with Gasteiger partial charge in [0, 0.05) is 50.5 Å². The number of nitrogens with zero attached hydrogens (tertiary/aromatic N) is 3. The van der Waals surface area contributed by atoms with Crippen molar-refractivity contribution in [3.63, 3.8) is 0 Å². The third-order valence-electron chi connectivity index (χ3n) is 4.45. The number of carbonyl (C=O) groups excluding carboxylic acids is 1. The van der Waals surface area contributed by atoms with Crippen molar-refractivity contribution in [2.24, 2.45) is 0 Å². The molecule has 0 aliphatic carbocycles. The first kappa shape index (κ1) is 17.9. The van der Waals surface area contributed by atoms with Crippen molar-refractivity contribution in [2.45, 2.75) is 13.0 Å². The van der Waals surface area contributed by atoms with E-state index in [0.717, 1.165) is 26.1 Å². The minimum atomic E-state index is -0.457. The van der Waals surface area contributed by atoms with Crippen LogP contribution in [0.1, 0.15) is 12.0 Å². The van der Waals surface area contributed by atoms with Gasteiger partial charge >= 0.3 is 6.03 Å². The molecule has 0 unspecified atom stereocenters. The Morgan fingerprint density at radius 1 is 1.00 bits per heavy atom. The highest BCUT2D eigenvalue weighted by Crippen LogP contribution is 2.16. The van der Waals surface area contributed by atoms with E-state index in [1.165, 1.54) is 17.7 Å². The molecular formula is C19H22N4O3. The number of anilines is 1. The summed E-state index contributed by atoms with van der Waals surface area (Å²) in [6, 6.07) is 16.0. The van der Waals surface area contributed by atoms with Gasteiger partial charge in [-0.15, -0.1) is 0 Å². The lowest BCUT2D eigenvalue weighted by molar-refractivity contribution is -0.384. The van der Waals surface area contributed by atoms with Crippen molar-refractivity contribution in [1.29, 1.82) is 0 Å². The standard InChI is InChI=1S/C19H22N4O3/c24-19(20-17-7-9-18(10-8-17)23(25)26)22-12-4-11-21(13-14-22)15-16-5-2-1-3-6-16/h1-3,5-10H,4,11-15H2,(H,20,24). The Hall–Kier alpha value is -2.93. The second kappa shape index (κ2) is 8.44. The van der Waals surface area contributed by atoms with Gasteiger partial charge in [-0.25, -0.2) is 4.79 Å². The molecule has 3 rings (SSSR count). The molecule has 7 heteroatoms. The first-order valence-corrected chi connectivity index (χ1v) is 8.68. The van der Waals surface area contributed by atoms with Gasteiger partial charge in [-0.3, -0.25) is 15.0 Å². The summed E-state index contributed by atoms with van der Waals surface area (Å²) in [4.78, 5) is 26.9. The summed E-state index contributed by atoms with van der Waals surface area (Å²) < 4.78 is 0. The smallest absolute Gasteiger partial charge is 0.321 e. The van der Waals surface area contributed by atoms with E-state index < -0.39 is 4.92 Å². The Balaban J connectivity index is 1.53. The fourth-order valence-electron chi connectivity index (χ4n) is 3.04. The van der Waals surface area contributed by atoms with Crippen LogP contribution in [0.25, 0.3) is 0 Å². The van der Waals surface area contributed by atoms with Crippen molar-refractivity contribution in [2.75, 3.05) is 31.5 Å². The molecular weight excluding hydrogens is 332 g/mol. The van der Waals surface area contributed by atoms with E-state index in [0.29, 0.717) is 18.8 Å². The van der Waals surface area contributed by atoms with E-state index in [1.807, 2.05) is 18.2 Å². The molecule has 0 bridgehead atoms. The average Bonchev–Trinajstić information content (AvgIpc) is 2.89. The van der Waals surface area contributed by atoms with Crippen LogP contribution < -0.4 is 5.32 Å². The molecule has 2 aromatic rings. The normalized spacial score (nSPS) is 15.3. The van der Waals surface area contributed by atoms with E-state index in [1.54, 1.807) is 17.0 Å². The van der Waals surface area contributed by atoms with Gasteiger partial charge in [0.1, 0.15) is 0 Å². The topological polar surface area (TPSA) is 78.7 Å². The molecule has 0 saturated carbocycles. The van der Waals surface area contributed by atoms with Crippen LogP contribution in [0.5, 0.6) is 0 Å². The quantitative estimate of drug-likeness (QED) is 0.675. The average molecular weight is 354 g/mol. The maximum absolute atomic E-state index is 12.5. The summed E-state index contributed by atoms with van der Waals surface area (Å²) in [5.74, 6) is 0. The highest BCUT2D eigenvalue weighted by molar-refractivity contribution is 5.89. The number of hydrogen-bond acceptors (Lipinski definition) is 4. The van der Waals surface area contributed by atoms with Crippen molar-refractivity contribution in [3.05, 3.63) is 70.3 Å². The summed E-state index contributed by atoms with van der Waals surface area (Å²) in [6.45, 7) is 4.02. The second-order valence-electron chi connectivity index (χ2n) is 6.34. The Labute approximate surface area is 152 Å². The third kappa shape index (κ3) is 4.80. The Morgan fingerprint density at radius 3 is 2.42 bits per heavy atom. The predicted octanol–water partition coefficient (Wildman–Crippen LogP) is 3.33. The Bertz CT molecular complexity index is 749. The van der Waals surface area contributed by atoms with Crippen LogP contribution in [-0.2, 0) is 6.54 Å². The molecule has 136 valence electrons. The van der Waals surface area contributed by atoms with Gasteiger partial charge in [-0.2, -0.15) is 0 Å². The van der Waals surface area contributed by atoms with E-state index in [4.69, 9.17) is 0 Å². The zero-order valence-electron chi connectivity index (χ0n) is 14.5. The van der Waals surface area contributed by atoms with E-state index in [9.17, 15) is 14.9 Å². The number of nitro benzene ring substituents is 1. The fourth-order valence-corrected chi connectivity index (χ4v) is 3.04. The van der Waals surface area contributed by atoms with Crippen LogP contribution in [0, 0.1) is 10.1 Å². The van der Waals surface area contributed by atoms with Crippen LogP contribution in [0.15, 0.2) is 54.6 Å². The second-order valence-corrected chi connectivity index (χ2v) is 6.34. The van der Waals surface area contributed by atoms with Gasteiger partial charge in [0.15, 0.2) is 0 Å². The number of carbonyl (C=O) groups is 1. The number of benzene rings is 2. The van der Waals surface area contributed by atoms with E-state index >= 15 is 0 Å². The first-order chi connectivity index (χ1) is 12.6. The van der Waals surface area contributed by atoms with Crippen molar-refractivity contribution >= 4 is 17.4 Å². The SMILES string of the molecule is O=C(Nc1ccc([N+](=O)[O-])cc1)N1CCCN(Cc2ccccc2)CC1. The van der Waals surface area contributed by atoms with Gasteiger partial charge in [0.2, 0.25) is 0 Å². The molecule has 1 saturated heterocycles. The number of urea groups is 1. The molecule has 0 atom stereocenters. The zero-order chi connectivity index (χ0) is 18.4. The van der Waals surface area contributed by atoms with Crippen LogP contribution in [0.3, 0.4) is 0 Å². The highest BCUT2D eigenvalue weighted by atomic mass is 16.6. The largest absolute Gasteiger partial charge is 0.323 e. The zero-order valence-corrected chi connectivity index (χ0v) is 14.5. The van der Waals surface area contributed by atoms with E-state index in [2.05, 4.69) is 22.3 Å². The molecule has 26 heavy (non-hydrogen) atoms. The Kier molecular flexibility index (Phi) is 5.80. The third-order valence-corrected chi connectivity index (χ3v) is 4.45. The molecule has 1 heterocycles. The molecule has 1 fully saturated rings. The highest BCUT2D eigenvalue weighted by Gasteiger charge is 2.19. The molecule has 1 aliphatic heterocycles. The Morgan fingerprint density at radius 2 is 1.73 bits per heavy atom. The molecule has 0 spiro atoms. The summed E-state index contributed by atoms with van der Waals surface area (Å²) >= 11 is 0. The van der Waals surface area contributed by atoms with Gasteiger partial charge in [0.05, 0.1) is 4.92 Å². The predicted molar refractivity (Wildman–Crippen MR) is 100 cm³/mol. The van der Waals surface area contributed by atoms with Gasteiger partial charge < -0.3 is 10.2 Å².